The highest BCUT2D eigenvalue weighted by Crippen LogP contribution is 2.38. The minimum Gasteiger partial charge on any atom is -0.478 e. The number of thiocarbonyl (C=S) groups is 1. The van der Waals surface area contributed by atoms with Crippen molar-refractivity contribution in [2.75, 3.05) is 36.2 Å². The van der Waals surface area contributed by atoms with Crippen molar-refractivity contribution in [3.8, 4) is 35.0 Å². The van der Waals surface area contributed by atoms with Crippen LogP contribution in [0.5, 0.6) is 5.75 Å². The molecule has 0 spiro atoms. The number of nitrogens with one attached hydrogen (secondary N) is 2. The average Bonchev–Trinajstić information content (AvgIpc) is 3.99. The smallest absolute Gasteiger partial charge is 0.259 e. The number of likely N-dealkylation sites (tertiary alicyclic amines) is 1. The van der Waals surface area contributed by atoms with Crippen LogP contribution in [0.2, 0.25) is 5.02 Å². The first-order chi connectivity index (χ1) is 29.5. The van der Waals surface area contributed by atoms with E-state index in [1.807, 2.05) is 51.1 Å². The molecule has 1 unspecified atom stereocenters. The van der Waals surface area contributed by atoms with E-state index in [1.165, 1.54) is 45.4 Å². The first-order valence-corrected chi connectivity index (χ1v) is 20.5. The van der Waals surface area contributed by atoms with E-state index in [2.05, 4.69) is 27.5 Å². The number of benzene rings is 3. The second-order valence-electron chi connectivity index (χ2n) is 16.2. The van der Waals surface area contributed by atoms with Crippen molar-refractivity contribution in [1.29, 1.82) is 5.26 Å². The number of carbonyl (C=O) groups is 4. The summed E-state index contributed by atoms with van der Waals surface area (Å²) in [5, 5.41) is 15.2. The number of nitrogens with zero attached hydrogens (tertiary/aromatic N) is 5. The van der Waals surface area contributed by atoms with E-state index in [1.54, 1.807) is 32.2 Å². The van der Waals surface area contributed by atoms with Gasteiger partial charge in [0.25, 0.3) is 5.91 Å². The molecule has 3 aromatic carbocycles. The number of aromatic nitrogens is 1. The Morgan fingerprint density at radius 2 is 1.81 bits per heavy atom. The molecule has 6 rings (SSSR count). The average molecular weight is 882 g/mol. The molecule has 3 heterocycles. The van der Waals surface area contributed by atoms with Crippen LogP contribution in [0.25, 0.3) is 11.3 Å². The summed E-state index contributed by atoms with van der Waals surface area (Å²) in [6, 6.07) is 16.6. The Kier molecular flexibility index (Phi) is 14.0. The molecule has 62 heavy (non-hydrogen) atoms. The van der Waals surface area contributed by atoms with Crippen LogP contribution >= 0.6 is 23.8 Å². The minimum atomic E-state index is -1.18. The van der Waals surface area contributed by atoms with E-state index in [-0.39, 0.29) is 65.5 Å². The van der Waals surface area contributed by atoms with Crippen molar-refractivity contribution >= 4 is 63.9 Å². The largest absolute Gasteiger partial charge is 0.478 e. The van der Waals surface area contributed by atoms with Gasteiger partial charge in [0.05, 0.1) is 22.5 Å². The van der Waals surface area contributed by atoms with Crippen LogP contribution < -0.4 is 25.2 Å². The zero-order valence-electron chi connectivity index (χ0n) is 34.8. The number of rotatable bonds is 13. The van der Waals surface area contributed by atoms with E-state index >= 15 is 4.39 Å². The van der Waals surface area contributed by atoms with Crippen molar-refractivity contribution in [3.05, 3.63) is 95.2 Å². The molecule has 322 valence electrons. The summed E-state index contributed by atoms with van der Waals surface area (Å²) in [6.45, 7) is 8.78. The third kappa shape index (κ3) is 10.1. The summed E-state index contributed by atoms with van der Waals surface area (Å²) in [5.41, 5.74) is 0.826. The second kappa shape index (κ2) is 19.2. The summed E-state index contributed by atoms with van der Waals surface area (Å²) < 4.78 is 31.6. The molecule has 4 amide bonds. The van der Waals surface area contributed by atoms with Crippen molar-refractivity contribution < 1.29 is 37.5 Å². The van der Waals surface area contributed by atoms with Crippen LogP contribution in [0.4, 0.5) is 15.8 Å². The van der Waals surface area contributed by atoms with Gasteiger partial charge in [-0.2, -0.15) is 5.26 Å². The first-order valence-electron chi connectivity index (χ1n) is 19.7. The molecule has 0 bridgehead atoms. The number of carbonyl (C=O) groups excluding carboxylic acids is 4. The summed E-state index contributed by atoms with van der Waals surface area (Å²) in [7, 11) is 0. The molecular weight excluding hydrogens is 837 g/mol. The predicted molar refractivity (Wildman–Crippen MR) is 233 cm³/mol. The fourth-order valence-corrected chi connectivity index (χ4v) is 7.86. The maximum Gasteiger partial charge on any atom is 0.259 e. The zero-order chi connectivity index (χ0) is 44.8. The van der Waals surface area contributed by atoms with Crippen LogP contribution in [0, 0.1) is 34.4 Å². The number of nitriles is 1. The molecule has 17 heteroatoms. The molecule has 2 saturated heterocycles. The quantitative estimate of drug-likeness (QED) is 0.0896. The molecule has 14 nitrogen and oxygen atoms in total. The third-order valence-electron chi connectivity index (χ3n) is 10.4. The summed E-state index contributed by atoms with van der Waals surface area (Å²) in [4.78, 5) is 61.9. The monoisotopic (exact) mass is 881 g/mol. The van der Waals surface area contributed by atoms with Crippen molar-refractivity contribution in [2.45, 2.75) is 71.6 Å². The number of amides is 4. The number of hydrogen-bond donors (Lipinski definition) is 2. The molecule has 0 saturated carbocycles. The molecule has 0 radical (unpaired) electrons. The summed E-state index contributed by atoms with van der Waals surface area (Å²) in [5.74, 6) is 3.77. The molecule has 1 aromatic heterocycles. The molecule has 2 aliphatic rings. The van der Waals surface area contributed by atoms with Crippen LogP contribution in [-0.4, -0.2) is 82.6 Å². The lowest BCUT2D eigenvalue weighted by Crippen LogP contribution is -2.58. The van der Waals surface area contributed by atoms with Gasteiger partial charge < -0.3 is 34.3 Å². The van der Waals surface area contributed by atoms with Gasteiger partial charge in [-0.1, -0.05) is 68.5 Å². The van der Waals surface area contributed by atoms with E-state index in [0.29, 0.717) is 36.5 Å². The van der Waals surface area contributed by atoms with Crippen molar-refractivity contribution in [3.63, 3.8) is 0 Å². The van der Waals surface area contributed by atoms with Gasteiger partial charge in [-0.25, -0.2) is 9.37 Å². The normalized spacial score (nSPS) is 16.4. The predicted octanol–water partition coefficient (Wildman–Crippen LogP) is 6.16. The number of ether oxygens (including phenoxy) is 2. The maximum absolute atomic E-state index is 15.3. The summed E-state index contributed by atoms with van der Waals surface area (Å²) in [6.07, 6.45) is 4.13. The highest BCUT2D eigenvalue weighted by atomic mass is 35.5. The standard InChI is InChI=1S/C45H45ClFN7O7S/c1-44(2,3)39(41(57)52-18-8-9-35(52)40(56)50-24-28-10-12-29(13-11-28)37-25-49-27-61-37)51-38(55)26-59-19-6-7-20-60-36-17-16-32(22-34(36)47)54-43(62)53(42(58)45(54,4)5)31-15-14-30(23-48)33(46)21-31/h10-17,21-22,25,27,35,39H,8-9,18-20,24,26H2,1-5H3,(H,50,56)(H,51,55)/t35-,39?/m0/s1. The Bertz CT molecular complexity index is 2460. The lowest BCUT2D eigenvalue weighted by molar-refractivity contribution is -0.144. The second-order valence-corrected chi connectivity index (χ2v) is 17.0. The van der Waals surface area contributed by atoms with Crippen LogP contribution in [-0.2, 0) is 30.5 Å². The molecule has 2 fully saturated rings. The Morgan fingerprint density at radius 1 is 1.08 bits per heavy atom. The topological polar surface area (TPSA) is 170 Å². The van der Waals surface area contributed by atoms with Crippen LogP contribution in [0.15, 0.2) is 77.7 Å². The Labute approximate surface area is 369 Å². The zero-order valence-corrected chi connectivity index (χ0v) is 36.4. The van der Waals surface area contributed by atoms with Gasteiger partial charge >= 0.3 is 0 Å². The highest BCUT2D eigenvalue weighted by molar-refractivity contribution is 7.81. The molecule has 0 aliphatic carbocycles. The highest BCUT2D eigenvalue weighted by Gasteiger charge is 2.50. The van der Waals surface area contributed by atoms with Crippen molar-refractivity contribution in [2.24, 2.45) is 5.41 Å². The minimum absolute atomic E-state index is 0.0848. The Morgan fingerprint density at radius 3 is 2.47 bits per heavy atom. The molecule has 2 atom stereocenters. The molecule has 2 aliphatic heterocycles. The molecule has 2 N–H and O–H groups in total. The van der Waals surface area contributed by atoms with Gasteiger partial charge in [0.15, 0.2) is 28.8 Å². The van der Waals surface area contributed by atoms with Gasteiger partial charge in [0.1, 0.15) is 43.5 Å². The maximum atomic E-state index is 15.3. The Balaban J connectivity index is 0.963. The molecule has 4 aromatic rings. The third-order valence-corrected chi connectivity index (χ3v) is 11.1. The lowest BCUT2D eigenvalue weighted by atomic mass is 9.85. The van der Waals surface area contributed by atoms with Crippen LogP contribution in [0.3, 0.4) is 0 Å². The number of hydrogen-bond acceptors (Lipinski definition) is 10. The van der Waals surface area contributed by atoms with Crippen LogP contribution in [0.1, 0.15) is 58.6 Å². The lowest BCUT2D eigenvalue weighted by Gasteiger charge is -2.35. The van der Waals surface area contributed by atoms with Gasteiger partial charge in [-0.05, 0) is 80.2 Å². The van der Waals surface area contributed by atoms with E-state index in [4.69, 9.17) is 37.7 Å². The SMILES string of the molecule is CC(C)(C)C(NC(=O)COCC#CCOc1ccc(N2C(=S)N(c3ccc(C#N)c(Cl)c3)C(=O)C2(C)C)cc1F)C(=O)N1CCC[C@H]1C(=O)NCc1ccc(-c2cnco2)cc1. The van der Waals surface area contributed by atoms with E-state index in [9.17, 15) is 24.4 Å². The first kappa shape index (κ1) is 45.2. The van der Waals surface area contributed by atoms with E-state index < -0.39 is 34.8 Å². The summed E-state index contributed by atoms with van der Waals surface area (Å²) >= 11 is 11.9. The van der Waals surface area contributed by atoms with Gasteiger partial charge in [-0.3, -0.25) is 24.1 Å². The fourth-order valence-electron chi connectivity index (χ4n) is 7.12. The van der Waals surface area contributed by atoms with Crippen molar-refractivity contribution in [1.82, 2.24) is 20.5 Å². The van der Waals surface area contributed by atoms with Gasteiger partial charge in [0.2, 0.25) is 17.7 Å². The van der Waals surface area contributed by atoms with Gasteiger partial charge in [-0.15, -0.1) is 0 Å². The van der Waals surface area contributed by atoms with Gasteiger partial charge in [0, 0.05) is 30.4 Å². The number of oxazole rings is 1. The Hall–Kier alpha value is -6.33. The van der Waals surface area contributed by atoms with E-state index in [0.717, 1.165) is 11.1 Å². The number of anilines is 2. The fraction of sp³-hybridized carbons (Fsp3) is 0.356. The number of halogens is 2. The molecular formula is C45H45ClFN7O7S.